The Balaban J connectivity index is 3.64. The molecule has 1 rings (SSSR count). The van der Waals surface area contributed by atoms with E-state index in [-0.39, 0.29) is 69.7 Å². The lowest BCUT2D eigenvalue weighted by molar-refractivity contribution is -0.148. The number of nitrogens with zero attached hydrogens (tertiary/aromatic N) is 1. The maximum Gasteiger partial charge on any atom is 0.331 e. The number of carbonyl (C=O) groups is 14. The number of H-pyrrole nitrogens is 1. The third-order valence-corrected chi connectivity index (χ3v) is 14.2. The molecule has 0 saturated carbocycles. The number of amides is 12. The van der Waals surface area contributed by atoms with Crippen LogP contribution >= 0.6 is 0 Å². The number of esters is 1. The van der Waals surface area contributed by atoms with E-state index in [1.807, 2.05) is 0 Å². The number of aliphatic hydroxyl groups excluding tert-OH is 2. The van der Waals surface area contributed by atoms with E-state index in [4.69, 9.17) is 28.7 Å². The van der Waals surface area contributed by atoms with Crippen LogP contribution in [-0.2, 0) is 78.3 Å². The molecule has 35 heteroatoms. The number of hydrogen-bond acceptors (Lipinski definition) is 21. The number of aromatic nitrogens is 2. The third kappa shape index (κ3) is 32.6. The lowest BCUT2D eigenvalue weighted by atomic mass is 10.00. The molecule has 0 aliphatic rings. The van der Waals surface area contributed by atoms with Gasteiger partial charge >= 0.3 is 11.9 Å². The summed E-state index contributed by atoms with van der Waals surface area (Å²) in [6.45, 7) is 11.0. The van der Waals surface area contributed by atoms with Gasteiger partial charge in [-0.05, 0) is 102 Å². The minimum atomic E-state index is -2.01. The fourth-order valence-electron chi connectivity index (χ4n) is 9.24. The summed E-state index contributed by atoms with van der Waals surface area (Å²) in [7, 11) is 1.02. The zero-order valence-electron chi connectivity index (χ0n) is 54.3. The van der Waals surface area contributed by atoms with Gasteiger partial charge in [-0.25, -0.2) is 9.78 Å². The highest BCUT2D eigenvalue weighted by Crippen LogP contribution is 2.14. The molecular weight excluding hydrogens is 1220 g/mol. The minimum absolute atomic E-state index is 0.0441. The molecule has 93 heavy (non-hydrogen) atoms. The van der Waals surface area contributed by atoms with Crippen LogP contribution in [-0.4, -0.2) is 207 Å². The molecule has 0 fully saturated rings. The van der Waals surface area contributed by atoms with Crippen molar-refractivity contribution in [2.45, 2.75) is 217 Å². The van der Waals surface area contributed by atoms with Crippen LogP contribution in [0.25, 0.3) is 0 Å². The van der Waals surface area contributed by atoms with Gasteiger partial charge in [-0.15, -0.1) is 0 Å². The van der Waals surface area contributed by atoms with Crippen molar-refractivity contribution in [3.63, 3.8) is 0 Å². The number of aliphatic carboxylic acids is 1. The molecule has 0 radical (unpaired) electrons. The smallest absolute Gasteiger partial charge is 0.331 e. The maximum atomic E-state index is 14.5. The van der Waals surface area contributed by atoms with E-state index < -0.39 is 194 Å². The number of unbranched alkanes of at least 4 members (excludes halogenated alkanes) is 2. The highest BCUT2D eigenvalue weighted by atomic mass is 16.5. The van der Waals surface area contributed by atoms with E-state index in [1.54, 1.807) is 41.5 Å². The van der Waals surface area contributed by atoms with Crippen LogP contribution in [0.2, 0.25) is 0 Å². The molecule has 35 nitrogen and oxygen atoms in total. The van der Waals surface area contributed by atoms with Crippen molar-refractivity contribution in [1.29, 1.82) is 0 Å². The molecule has 0 saturated heterocycles. The van der Waals surface area contributed by atoms with Gasteiger partial charge in [0.15, 0.2) is 6.04 Å². The van der Waals surface area contributed by atoms with Crippen LogP contribution in [0, 0.1) is 17.8 Å². The summed E-state index contributed by atoms with van der Waals surface area (Å²) >= 11 is 0. The van der Waals surface area contributed by atoms with Gasteiger partial charge < -0.3 is 107 Å². The first kappa shape index (κ1) is 82.6. The summed E-state index contributed by atoms with van der Waals surface area (Å²) in [6.07, 6.45) is -0.377. The van der Waals surface area contributed by atoms with Gasteiger partial charge in [0.1, 0.15) is 54.4 Å². The fraction of sp³-hybridized carbons (Fsp3) is 0.707. The standard InChI is InChI=1S/C58H101N17O18/c1-29(2)21-38(69-48(82)34(61)13-9-11-19-59)54(88)74-43(27-76)57(91)68-36(15-17-44(62)78)50(84)73-42(25-46(80)81)56(90)71-40(23-31(5)6)53(87)72-41(24-33-26-64-28-65-33)55(89)66-35(14-10-12-20-60)49(83)70-39(22-30(3)4)52(86)67-37(16-18-45(63)79)51(85)75-47(32(7)77)58(92)93-8/h26,28-32,34-43,47,76-77H,9-25,27,59-61H2,1-8H3,(H2,62,78)(H2,63,79)(H,64,65)(H,66,89)(H,67,86)(H,68,91)(H,69,82)(H,70,83)(H,71,90)(H,72,87)(H,73,84)(H,74,88)(H,75,85)(H,80,81)/t32-,34+,35+,36+,37+,38+,39+,40+,41+,42+,43+,47+/m1/s1. The quantitative estimate of drug-likeness (QED) is 0.0213. The van der Waals surface area contributed by atoms with E-state index in [0.29, 0.717) is 31.5 Å². The van der Waals surface area contributed by atoms with Crippen molar-refractivity contribution >= 4 is 82.8 Å². The van der Waals surface area contributed by atoms with Gasteiger partial charge in [0, 0.05) is 31.2 Å². The number of aromatic amines is 1. The molecule has 12 atom stereocenters. The molecule has 0 aromatic carbocycles. The van der Waals surface area contributed by atoms with Crippen LogP contribution in [0.1, 0.15) is 144 Å². The number of nitrogens with two attached hydrogens (primary N) is 5. The predicted molar refractivity (Wildman–Crippen MR) is 334 cm³/mol. The molecule has 0 aliphatic heterocycles. The van der Waals surface area contributed by atoms with Crippen molar-refractivity contribution in [2.24, 2.45) is 46.4 Å². The number of nitrogens with one attached hydrogen (secondary N) is 11. The van der Waals surface area contributed by atoms with Gasteiger partial charge in [0.2, 0.25) is 70.9 Å². The molecule has 24 N–H and O–H groups in total. The molecule has 0 unspecified atom stereocenters. The number of hydrogen-bond donors (Lipinski definition) is 19. The summed E-state index contributed by atoms with van der Waals surface area (Å²) in [4.78, 5) is 195. The highest BCUT2D eigenvalue weighted by Gasteiger charge is 2.38. The largest absolute Gasteiger partial charge is 0.481 e. The first-order chi connectivity index (χ1) is 43.7. The molecule has 1 heterocycles. The number of methoxy groups -OCH3 is 1. The SMILES string of the molecule is COC(=O)[C@@H](NC(=O)[C@H](CCC(N)=O)NC(=O)[C@H](CC(C)C)NC(=O)[C@H](CCCCN)NC(=O)[C@H](Cc1cnc[nH]1)NC(=O)[C@H](CC(C)C)NC(=O)[C@H](CC(=O)O)NC(=O)[C@H](CCC(N)=O)NC(=O)[C@H](CO)NC(=O)[C@H](CC(C)C)NC(=O)[C@@H](N)CCCCN)[C@@H](C)O. The molecule has 12 amide bonds. The van der Waals surface area contributed by atoms with Crippen LogP contribution in [0.4, 0.5) is 0 Å². The summed E-state index contributed by atoms with van der Waals surface area (Å²) < 4.78 is 4.67. The van der Waals surface area contributed by atoms with Crippen LogP contribution in [0.15, 0.2) is 12.5 Å². The average molecular weight is 1320 g/mol. The summed E-state index contributed by atoms with van der Waals surface area (Å²) in [6, 6.07) is -16.9. The Morgan fingerprint density at radius 2 is 0.849 bits per heavy atom. The molecule has 1 aromatic rings. The van der Waals surface area contributed by atoms with Crippen molar-refractivity contribution in [3.8, 4) is 0 Å². The van der Waals surface area contributed by atoms with Gasteiger partial charge in [-0.1, -0.05) is 48.0 Å². The number of ether oxygens (including phenoxy) is 1. The summed E-state index contributed by atoms with van der Waals surface area (Å²) in [5.74, 6) is -15.4. The molecule has 0 bridgehead atoms. The Bertz CT molecular complexity index is 2630. The monoisotopic (exact) mass is 1320 g/mol. The second-order valence-corrected chi connectivity index (χ2v) is 23.9. The Kier molecular flexibility index (Phi) is 38.6. The van der Waals surface area contributed by atoms with Crippen molar-refractivity contribution in [3.05, 3.63) is 18.2 Å². The molecular formula is C58H101N17O18. The number of rotatable bonds is 47. The molecule has 0 aliphatic carbocycles. The second-order valence-electron chi connectivity index (χ2n) is 23.9. The van der Waals surface area contributed by atoms with Crippen LogP contribution in [0.3, 0.4) is 0 Å². The van der Waals surface area contributed by atoms with E-state index in [0.717, 1.165) is 7.11 Å². The Morgan fingerprint density at radius 1 is 0.495 bits per heavy atom. The third-order valence-electron chi connectivity index (χ3n) is 14.2. The number of aliphatic hydroxyl groups is 2. The summed E-state index contributed by atoms with van der Waals surface area (Å²) in [5, 5.41) is 54.9. The van der Waals surface area contributed by atoms with Gasteiger partial charge in [-0.2, -0.15) is 0 Å². The second kappa shape index (κ2) is 43.4. The average Bonchev–Trinajstić information content (AvgIpc) is 1.57. The van der Waals surface area contributed by atoms with Crippen molar-refractivity contribution in [2.75, 3.05) is 26.8 Å². The number of imidazole rings is 1. The number of carbonyl (C=O) groups excluding carboxylic acids is 13. The predicted octanol–water partition coefficient (Wildman–Crippen LogP) is -5.92. The van der Waals surface area contributed by atoms with E-state index >= 15 is 0 Å². The zero-order chi connectivity index (χ0) is 70.7. The molecule has 1 aromatic heterocycles. The van der Waals surface area contributed by atoms with E-state index in [9.17, 15) is 82.4 Å². The first-order valence-corrected chi connectivity index (χ1v) is 31.0. The van der Waals surface area contributed by atoms with Crippen LogP contribution < -0.4 is 81.8 Å². The Hall–Kier alpha value is -8.41. The van der Waals surface area contributed by atoms with E-state index in [2.05, 4.69) is 67.9 Å². The molecule has 0 spiro atoms. The van der Waals surface area contributed by atoms with Gasteiger partial charge in [0.05, 0.1) is 38.6 Å². The lowest BCUT2D eigenvalue weighted by Gasteiger charge is -2.29. The van der Waals surface area contributed by atoms with Gasteiger partial charge in [0.25, 0.3) is 0 Å². The number of carboxylic acids is 1. The Morgan fingerprint density at radius 3 is 1.24 bits per heavy atom. The lowest BCUT2D eigenvalue weighted by Crippen LogP contribution is -2.61. The zero-order valence-corrected chi connectivity index (χ0v) is 54.3. The highest BCUT2D eigenvalue weighted by molar-refractivity contribution is 6.00. The fourth-order valence-corrected chi connectivity index (χ4v) is 9.24. The topological polar surface area (TPSA) is 588 Å². The summed E-state index contributed by atoms with van der Waals surface area (Å²) in [5.41, 5.74) is 28.4. The Labute approximate surface area is 540 Å². The van der Waals surface area contributed by atoms with E-state index in [1.165, 1.54) is 19.4 Å². The molecule has 526 valence electrons. The minimum Gasteiger partial charge on any atom is -0.481 e. The normalized spacial score (nSPS) is 15.1. The first-order valence-electron chi connectivity index (χ1n) is 31.0. The number of primary amides is 2. The van der Waals surface area contributed by atoms with Crippen LogP contribution in [0.5, 0.6) is 0 Å². The van der Waals surface area contributed by atoms with Crippen molar-refractivity contribution in [1.82, 2.24) is 63.1 Å². The van der Waals surface area contributed by atoms with Gasteiger partial charge in [-0.3, -0.25) is 62.3 Å². The van der Waals surface area contributed by atoms with Crippen molar-refractivity contribution < 1.29 is 87.2 Å². The maximum absolute atomic E-state index is 14.5. The number of carboxylic acid groups (broad SMARTS) is 1.